The van der Waals surface area contributed by atoms with Gasteiger partial charge >= 0.3 is 7.12 Å². The highest BCUT2D eigenvalue weighted by molar-refractivity contribution is 6.43. The third-order valence-electron chi connectivity index (χ3n) is 4.19. The molecule has 0 aromatic heterocycles. The molecule has 3 rings (SSSR count). The Kier molecular flexibility index (Phi) is 5.12. The van der Waals surface area contributed by atoms with Gasteiger partial charge < -0.3 is 19.2 Å². The van der Waals surface area contributed by atoms with E-state index in [-0.39, 0.29) is 12.0 Å². The summed E-state index contributed by atoms with van der Waals surface area (Å²) in [5.74, 6) is 1.72. The molecule has 2 aromatic rings. The summed E-state index contributed by atoms with van der Waals surface area (Å²) in [4.78, 5) is 0. The molecule has 1 aliphatic heterocycles. The number of rotatable bonds is 5. The summed E-state index contributed by atoms with van der Waals surface area (Å²) in [5, 5.41) is 9.57. The van der Waals surface area contributed by atoms with E-state index in [1.54, 1.807) is 7.11 Å². The molecular formula is C19H23BO4. The molecule has 5 heteroatoms. The van der Waals surface area contributed by atoms with Crippen LogP contribution in [-0.4, -0.2) is 32.0 Å². The second kappa shape index (κ2) is 7.28. The Morgan fingerprint density at radius 2 is 1.92 bits per heavy atom. The van der Waals surface area contributed by atoms with E-state index < -0.39 is 7.12 Å². The van der Waals surface area contributed by atoms with Crippen molar-refractivity contribution in [2.75, 3.05) is 13.7 Å². The lowest BCUT2D eigenvalue weighted by Crippen LogP contribution is -2.07. The van der Waals surface area contributed by atoms with E-state index in [4.69, 9.17) is 14.1 Å². The Morgan fingerprint density at radius 1 is 1.12 bits per heavy atom. The van der Waals surface area contributed by atoms with Gasteiger partial charge in [-0.15, -0.1) is 0 Å². The van der Waals surface area contributed by atoms with Crippen molar-refractivity contribution < 1.29 is 19.2 Å². The molecule has 24 heavy (non-hydrogen) atoms. The van der Waals surface area contributed by atoms with Gasteiger partial charge in [-0.3, -0.25) is 0 Å². The fourth-order valence-corrected chi connectivity index (χ4v) is 3.01. The number of benzene rings is 2. The van der Waals surface area contributed by atoms with Crippen LogP contribution in [0.3, 0.4) is 0 Å². The first-order chi connectivity index (χ1) is 11.6. The lowest BCUT2D eigenvalue weighted by Gasteiger charge is -2.15. The van der Waals surface area contributed by atoms with Crippen molar-refractivity contribution in [2.45, 2.75) is 32.2 Å². The summed E-state index contributed by atoms with van der Waals surface area (Å²) < 4.78 is 16.5. The Hall–Kier alpha value is -1.98. The minimum Gasteiger partial charge on any atom is -0.493 e. The number of ether oxygens (including phenoxy) is 2. The van der Waals surface area contributed by atoms with Crippen LogP contribution < -0.4 is 9.47 Å². The van der Waals surface area contributed by atoms with Crippen molar-refractivity contribution in [2.24, 2.45) is 0 Å². The first-order valence-corrected chi connectivity index (χ1v) is 8.31. The van der Waals surface area contributed by atoms with E-state index in [0.717, 1.165) is 22.6 Å². The molecule has 1 N–H and O–H groups in total. The summed E-state index contributed by atoms with van der Waals surface area (Å²) in [6, 6.07) is 14.3. The molecule has 1 unspecified atom stereocenters. The van der Waals surface area contributed by atoms with E-state index in [2.05, 4.69) is 18.2 Å². The molecule has 126 valence electrons. The Labute approximate surface area is 143 Å². The Bertz CT molecular complexity index is 702. The maximum absolute atomic E-state index is 9.57. The van der Waals surface area contributed by atoms with Gasteiger partial charge in [0, 0.05) is 12.5 Å². The number of hydrogen-bond acceptors (Lipinski definition) is 4. The predicted octanol–water partition coefficient (Wildman–Crippen LogP) is 3.74. The highest BCUT2D eigenvalue weighted by Gasteiger charge is 2.29. The fourth-order valence-electron chi connectivity index (χ4n) is 3.01. The van der Waals surface area contributed by atoms with Crippen LogP contribution in [0.4, 0.5) is 0 Å². The van der Waals surface area contributed by atoms with E-state index in [9.17, 15) is 5.02 Å². The SMILES string of the molecule is COc1ccc(-c2cccc(C3COB(O)C3)c2)cc1OC(C)C. The molecular weight excluding hydrogens is 303 g/mol. The van der Waals surface area contributed by atoms with Gasteiger partial charge in [0.05, 0.1) is 13.2 Å². The van der Waals surface area contributed by atoms with Crippen molar-refractivity contribution >= 4 is 7.12 Å². The fraction of sp³-hybridized carbons (Fsp3) is 0.368. The molecule has 2 aromatic carbocycles. The molecule has 1 saturated heterocycles. The minimum absolute atomic E-state index is 0.0811. The molecule has 0 aliphatic carbocycles. The maximum Gasteiger partial charge on any atom is 0.454 e. The molecule has 0 saturated carbocycles. The molecule has 1 atom stereocenters. The molecule has 1 aliphatic rings. The lowest BCUT2D eigenvalue weighted by atomic mass is 9.79. The van der Waals surface area contributed by atoms with Crippen LogP contribution in [-0.2, 0) is 4.65 Å². The van der Waals surface area contributed by atoms with Crippen molar-refractivity contribution in [3.63, 3.8) is 0 Å². The first kappa shape index (κ1) is 16.9. The normalized spacial score (nSPS) is 17.4. The quantitative estimate of drug-likeness (QED) is 0.850. The Balaban J connectivity index is 1.91. The first-order valence-electron chi connectivity index (χ1n) is 8.31. The standard InChI is InChI=1S/C19H23BO4/c1-13(2)24-19-10-16(7-8-18(19)22-3)14-5-4-6-15(9-14)17-11-20(21)23-12-17/h4-10,13,17,21H,11-12H2,1-3H3. The van der Waals surface area contributed by atoms with Gasteiger partial charge in [-0.2, -0.15) is 0 Å². The van der Waals surface area contributed by atoms with Gasteiger partial charge in [-0.1, -0.05) is 30.3 Å². The topological polar surface area (TPSA) is 47.9 Å². The molecule has 0 spiro atoms. The van der Waals surface area contributed by atoms with E-state index in [1.165, 1.54) is 5.56 Å². The summed E-state index contributed by atoms with van der Waals surface area (Å²) in [6.45, 7) is 4.56. The average molecular weight is 326 g/mol. The number of methoxy groups -OCH3 is 1. The summed E-state index contributed by atoms with van der Waals surface area (Å²) in [6.07, 6.45) is 0.728. The van der Waals surface area contributed by atoms with Gasteiger partial charge in [0.25, 0.3) is 0 Å². The molecule has 0 radical (unpaired) electrons. The monoisotopic (exact) mass is 326 g/mol. The van der Waals surface area contributed by atoms with Gasteiger partial charge in [0.1, 0.15) is 0 Å². The summed E-state index contributed by atoms with van der Waals surface area (Å²) >= 11 is 0. The van der Waals surface area contributed by atoms with Crippen LogP contribution in [0.1, 0.15) is 25.3 Å². The van der Waals surface area contributed by atoms with Crippen molar-refractivity contribution in [3.8, 4) is 22.6 Å². The van der Waals surface area contributed by atoms with Gasteiger partial charge in [0.15, 0.2) is 11.5 Å². The summed E-state index contributed by atoms with van der Waals surface area (Å²) in [7, 11) is 1.000. The molecule has 1 heterocycles. The maximum atomic E-state index is 9.57. The van der Waals surface area contributed by atoms with Gasteiger partial charge in [0.2, 0.25) is 0 Å². The molecule has 0 bridgehead atoms. The number of hydrogen-bond donors (Lipinski definition) is 1. The van der Waals surface area contributed by atoms with E-state index >= 15 is 0 Å². The van der Waals surface area contributed by atoms with Crippen LogP contribution in [0.25, 0.3) is 11.1 Å². The zero-order valence-electron chi connectivity index (χ0n) is 14.4. The zero-order chi connectivity index (χ0) is 17.1. The van der Waals surface area contributed by atoms with Crippen molar-refractivity contribution in [3.05, 3.63) is 48.0 Å². The highest BCUT2D eigenvalue weighted by Crippen LogP contribution is 2.35. The lowest BCUT2D eigenvalue weighted by molar-refractivity contribution is 0.230. The third kappa shape index (κ3) is 3.74. The van der Waals surface area contributed by atoms with Crippen LogP contribution in [0, 0.1) is 0 Å². The smallest absolute Gasteiger partial charge is 0.454 e. The van der Waals surface area contributed by atoms with Crippen LogP contribution in [0.2, 0.25) is 6.32 Å². The van der Waals surface area contributed by atoms with Crippen LogP contribution in [0.5, 0.6) is 11.5 Å². The highest BCUT2D eigenvalue weighted by atomic mass is 16.5. The second-order valence-corrected chi connectivity index (χ2v) is 6.38. The van der Waals surface area contributed by atoms with Crippen LogP contribution >= 0.6 is 0 Å². The largest absolute Gasteiger partial charge is 0.493 e. The predicted molar refractivity (Wildman–Crippen MR) is 95.7 cm³/mol. The second-order valence-electron chi connectivity index (χ2n) is 6.38. The average Bonchev–Trinajstić information content (AvgIpc) is 3.01. The molecule has 0 amide bonds. The summed E-state index contributed by atoms with van der Waals surface area (Å²) in [5.41, 5.74) is 3.38. The van der Waals surface area contributed by atoms with Gasteiger partial charge in [-0.25, -0.2) is 0 Å². The van der Waals surface area contributed by atoms with E-state index in [0.29, 0.717) is 12.9 Å². The minimum atomic E-state index is -0.648. The third-order valence-corrected chi connectivity index (χ3v) is 4.19. The molecule has 4 nitrogen and oxygen atoms in total. The van der Waals surface area contributed by atoms with Crippen LogP contribution in [0.15, 0.2) is 42.5 Å². The van der Waals surface area contributed by atoms with E-state index in [1.807, 2.05) is 38.1 Å². The van der Waals surface area contributed by atoms with Crippen molar-refractivity contribution in [1.29, 1.82) is 0 Å². The molecule has 1 fully saturated rings. The zero-order valence-corrected chi connectivity index (χ0v) is 14.4. The van der Waals surface area contributed by atoms with Crippen molar-refractivity contribution in [1.82, 2.24) is 0 Å². The Morgan fingerprint density at radius 3 is 2.58 bits per heavy atom. The van der Waals surface area contributed by atoms with Gasteiger partial charge in [-0.05, 0) is 49.0 Å².